The summed E-state index contributed by atoms with van der Waals surface area (Å²) in [6, 6.07) is 12.0. The van der Waals surface area contributed by atoms with Gasteiger partial charge in [-0.25, -0.2) is 13.1 Å². The Bertz CT molecular complexity index is 1070. The third kappa shape index (κ3) is 6.24. The lowest BCUT2D eigenvalue weighted by atomic mass is 10.1. The van der Waals surface area contributed by atoms with E-state index < -0.39 is 14.9 Å². The van der Waals surface area contributed by atoms with Gasteiger partial charge in [0.15, 0.2) is 0 Å². The average Bonchev–Trinajstić information content (AvgIpc) is 3.05. The fraction of sp³-hybridized carbons (Fsp3) is 0.348. The Morgan fingerprint density at radius 3 is 2.19 bits per heavy atom. The zero-order valence-corrected chi connectivity index (χ0v) is 18.8. The highest BCUT2D eigenvalue weighted by atomic mass is 32.2. The van der Waals surface area contributed by atoms with Crippen molar-refractivity contribution in [2.24, 2.45) is 0 Å². The van der Waals surface area contributed by atoms with Crippen LogP contribution >= 0.6 is 0 Å². The molecule has 2 aromatic carbocycles. The number of carbonyl (C=O) groups excluding carboxylic acids is 1. The lowest BCUT2D eigenvalue weighted by molar-refractivity contribution is -0.384. The number of nitro benzene ring substituents is 1. The zero-order chi connectivity index (χ0) is 23.1. The molecule has 1 N–H and O–H groups in total. The number of carbonyl (C=O) groups is 1. The summed E-state index contributed by atoms with van der Waals surface area (Å²) >= 11 is 0. The smallest absolute Gasteiger partial charge is 0.269 e. The van der Waals surface area contributed by atoms with Gasteiger partial charge in [0, 0.05) is 37.0 Å². The molecule has 1 aliphatic carbocycles. The molecule has 3 rings (SSSR count). The molecule has 2 aromatic rings. The number of benzene rings is 2. The molecular weight excluding hydrogens is 430 g/mol. The maximum Gasteiger partial charge on any atom is 0.269 e. The monoisotopic (exact) mass is 457 g/mol. The third-order valence-corrected chi connectivity index (χ3v) is 7.10. The predicted molar refractivity (Wildman–Crippen MR) is 124 cm³/mol. The molecule has 1 amide bonds. The first-order chi connectivity index (χ1) is 15.3. The topological polar surface area (TPSA) is 110 Å². The second-order valence-electron chi connectivity index (χ2n) is 7.88. The van der Waals surface area contributed by atoms with Crippen molar-refractivity contribution in [3.8, 4) is 0 Å². The lowest BCUT2D eigenvalue weighted by Gasteiger charge is -2.18. The van der Waals surface area contributed by atoms with Gasteiger partial charge in [-0.15, -0.1) is 0 Å². The average molecular weight is 458 g/mol. The Kier molecular flexibility index (Phi) is 7.76. The number of sulfonamides is 1. The predicted octanol–water partition coefficient (Wildman–Crippen LogP) is 4.27. The fourth-order valence-corrected chi connectivity index (χ4v) is 4.95. The van der Waals surface area contributed by atoms with Crippen LogP contribution in [0.3, 0.4) is 0 Å². The van der Waals surface area contributed by atoms with Gasteiger partial charge in [0.25, 0.3) is 11.6 Å². The van der Waals surface area contributed by atoms with Gasteiger partial charge in [0.1, 0.15) is 0 Å². The van der Waals surface area contributed by atoms with Crippen molar-refractivity contribution in [1.82, 2.24) is 4.72 Å². The Morgan fingerprint density at radius 2 is 1.62 bits per heavy atom. The van der Waals surface area contributed by atoms with Gasteiger partial charge in [-0.05, 0) is 60.9 Å². The second kappa shape index (κ2) is 10.5. The first-order valence-corrected chi connectivity index (χ1v) is 12.1. The van der Waals surface area contributed by atoms with Crippen molar-refractivity contribution in [3.05, 3.63) is 70.3 Å². The summed E-state index contributed by atoms with van der Waals surface area (Å²) in [7, 11) is -2.02. The highest BCUT2D eigenvalue weighted by Gasteiger charge is 2.21. The van der Waals surface area contributed by atoms with E-state index in [1.54, 1.807) is 37.4 Å². The summed E-state index contributed by atoms with van der Waals surface area (Å²) in [4.78, 5) is 24.3. The van der Waals surface area contributed by atoms with Crippen LogP contribution in [0.4, 0.5) is 11.4 Å². The van der Waals surface area contributed by atoms with Gasteiger partial charge in [-0.1, -0.05) is 25.7 Å². The van der Waals surface area contributed by atoms with Crippen LogP contribution in [0, 0.1) is 10.1 Å². The molecule has 1 fully saturated rings. The largest absolute Gasteiger partial charge is 0.312 e. The van der Waals surface area contributed by atoms with E-state index in [1.165, 1.54) is 35.2 Å². The van der Waals surface area contributed by atoms with Gasteiger partial charge < -0.3 is 4.90 Å². The van der Waals surface area contributed by atoms with Crippen LogP contribution in [0.1, 0.15) is 44.1 Å². The van der Waals surface area contributed by atoms with E-state index in [0.29, 0.717) is 11.3 Å². The Balaban J connectivity index is 1.63. The maximum absolute atomic E-state index is 12.7. The van der Waals surface area contributed by atoms with Crippen LogP contribution in [-0.2, 0) is 14.8 Å². The highest BCUT2D eigenvalue weighted by Crippen LogP contribution is 2.22. The van der Waals surface area contributed by atoms with Crippen LogP contribution in [-0.4, -0.2) is 32.3 Å². The quantitative estimate of drug-likeness (QED) is 0.289. The first-order valence-electron chi connectivity index (χ1n) is 10.6. The van der Waals surface area contributed by atoms with Crippen LogP contribution < -0.4 is 9.62 Å². The Morgan fingerprint density at radius 1 is 1.03 bits per heavy atom. The van der Waals surface area contributed by atoms with Gasteiger partial charge in [0.05, 0.1) is 9.82 Å². The number of anilines is 1. The molecule has 9 heteroatoms. The zero-order valence-electron chi connectivity index (χ0n) is 17.9. The summed E-state index contributed by atoms with van der Waals surface area (Å²) in [5.41, 5.74) is 1.19. The fourth-order valence-electron chi connectivity index (χ4n) is 3.65. The summed E-state index contributed by atoms with van der Waals surface area (Å²) in [5.74, 6) is -0.310. The number of nitrogens with zero attached hydrogens (tertiary/aromatic N) is 2. The molecule has 0 spiro atoms. The molecule has 170 valence electrons. The minimum absolute atomic E-state index is 0.0193. The molecule has 0 aliphatic heterocycles. The molecular formula is C23H27N3O5S. The lowest BCUT2D eigenvalue weighted by Crippen LogP contribution is -2.34. The Hall–Kier alpha value is -3.04. The van der Waals surface area contributed by atoms with Crippen molar-refractivity contribution in [2.45, 2.75) is 49.5 Å². The number of nitrogens with one attached hydrogen (secondary N) is 1. The highest BCUT2D eigenvalue weighted by molar-refractivity contribution is 7.89. The van der Waals surface area contributed by atoms with Crippen molar-refractivity contribution in [1.29, 1.82) is 0 Å². The minimum atomic E-state index is -3.61. The summed E-state index contributed by atoms with van der Waals surface area (Å²) < 4.78 is 28.2. The van der Waals surface area contributed by atoms with E-state index in [9.17, 15) is 23.3 Å². The number of hydrogen-bond donors (Lipinski definition) is 1. The number of non-ortho nitro benzene ring substituents is 1. The van der Waals surface area contributed by atoms with Gasteiger partial charge in [-0.3, -0.25) is 14.9 Å². The normalized spacial score (nSPS) is 15.4. The third-order valence-electron chi connectivity index (χ3n) is 5.56. The van der Waals surface area contributed by atoms with Crippen molar-refractivity contribution in [3.63, 3.8) is 0 Å². The summed E-state index contributed by atoms with van der Waals surface area (Å²) in [6.07, 6.45) is 9.00. The molecule has 0 atom stereocenters. The van der Waals surface area contributed by atoms with E-state index in [2.05, 4.69) is 4.72 Å². The van der Waals surface area contributed by atoms with Gasteiger partial charge in [-0.2, -0.15) is 0 Å². The van der Waals surface area contributed by atoms with Crippen LogP contribution in [0.15, 0.2) is 59.5 Å². The van der Waals surface area contributed by atoms with E-state index in [-0.39, 0.29) is 22.5 Å². The summed E-state index contributed by atoms with van der Waals surface area (Å²) in [6.45, 7) is 0. The minimum Gasteiger partial charge on any atom is -0.312 e. The van der Waals surface area contributed by atoms with Crippen LogP contribution in [0.5, 0.6) is 0 Å². The molecule has 0 saturated heterocycles. The number of likely N-dealkylation sites (N-methyl/N-ethyl adjacent to an activating group) is 1. The molecule has 1 saturated carbocycles. The number of hydrogen-bond acceptors (Lipinski definition) is 5. The van der Waals surface area contributed by atoms with Crippen molar-refractivity contribution < 1.29 is 18.1 Å². The molecule has 0 aromatic heterocycles. The van der Waals surface area contributed by atoms with Crippen LogP contribution in [0.2, 0.25) is 0 Å². The number of rotatable bonds is 7. The number of amides is 1. The first kappa shape index (κ1) is 23.6. The van der Waals surface area contributed by atoms with Gasteiger partial charge >= 0.3 is 0 Å². The molecule has 8 nitrogen and oxygen atoms in total. The molecule has 1 aliphatic rings. The molecule has 32 heavy (non-hydrogen) atoms. The van der Waals surface area contributed by atoms with E-state index in [4.69, 9.17) is 0 Å². The SMILES string of the molecule is CN(C(=O)C=Cc1ccc([N+](=O)[O-])cc1)c1ccc(S(=O)(=O)NC2CCCCCC2)cc1. The summed E-state index contributed by atoms with van der Waals surface area (Å²) in [5, 5.41) is 10.7. The standard InChI is InChI=1S/C23H27N3O5S/c1-25(23(27)17-10-18-8-11-21(12-9-18)26(28)29)20-13-15-22(16-14-20)32(30,31)24-19-6-4-2-3-5-7-19/h8-17,19,24H,2-7H2,1H3. The van der Waals surface area contributed by atoms with E-state index in [1.807, 2.05) is 0 Å². The van der Waals surface area contributed by atoms with E-state index in [0.717, 1.165) is 38.5 Å². The number of nitro groups is 1. The molecule has 0 radical (unpaired) electrons. The molecule has 0 unspecified atom stereocenters. The van der Waals surface area contributed by atoms with Gasteiger partial charge in [0.2, 0.25) is 10.0 Å². The van der Waals surface area contributed by atoms with Crippen molar-refractivity contribution >= 4 is 33.4 Å². The van der Waals surface area contributed by atoms with Crippen LogP contribution in [0.25, 0.3) is 6.08 Å². The molecule has 0 heterocycles. The molecule has 0 bridgehead atoms. The second-order valence-corrected chi connectivity index (χ2v) is 9.60. The van der Waals surface area contributed by atoms with Crippen molar-refractivity contribution in [2.75, 3.05) is 11.9 Å². The maximum atomic E-state index is 12.7. The van der Waals surface area contributed by atoms with E-state index >= 15 is 0 Å². The Labute approximate surface area is 188 Å².